The third kappa shape index (κ3) is 11.5. The molecule has 0 saturated carbocycles. The summed E-state index contributed by atoms with van der Waals surface area (Å²) in [7, 11) is 0. The van der Waals surface area contributed by atoms with Gasteiger partial charge in [0.15, 0.2) is 0 Å². The van der Waals surface area contributed by atoms with Gasteiger partial charge in [0.05, 0.1) is 12.5 Å². The summed E-state index contributed by atoms with van der Waals surface area (Å²) >= 11 is 0. The predicted octanol–water partition coefficient (Wildman–Crippen LogP) is -2.94. The van der Waals surface area contributed by atoms with Crippen LogP contribution in [-0.4, -0.2) is 64.8 Å². The monoisotopic (exact) mass is 444 g/mol. The maximum absolute atomic E-state index is 12.6. The number of nitrogens with one attached hydrogen (secondary N) is 3. The van der Waals surface area contributed by atoms with Crippen molar-refractivity contribution in [1.82, 2.24) is 16.0 Å². The molecule has 0 radical (unpaired) electrons. The predicted molar refractivity (Wildman–Crippen MR) is 109 cm³/mol. The molecule has 0 heterocycles. The third-order valence-electron chi connectivity index (χ3n) is 4.14. The smallest absolute Gasteiger partial charge is 0.326 e. The highest BCUT2D eigenvalue weighted by molar-refractivity contribution is 5.95. The van der Waals surface area contributed by atoms with Crippen molar-refractivity contribution in [3.05, 3.63) is 0 Å². The van der Waals surface area contributed by atoms with Crippen LogP contribution in [0.25, 0.3) is 0 Å². The lowest BCUT2D eigenvalue weighted by Crippen LogP contribution is -2.56. The minimum absolute atomic E-state index is 0.0279. The van der Waals surface area contributed by atoms with E-state index in [1.165, 1.54) is 6.92 Å². The normalized spacial score (nSPS) is 14.6. The summed E-state index contributed by atoms with van der Waals surface area (Å²) in [5.41, 5.74) is 15.6. The van der Waals surface area contributed by atoms with E-state index < -0.39 is 66.1 Å². The minimum atomic E-state index is -1.27. The number of carbonyl (C=O) groups is 6. The van der Waals surface area contributed by atoms with Gasteiger partial charge in [-0.1, -0.05) is 13.8 Å². The van der Waals surface area contributed by atoms with E-state index in [1.807, 2.05) is 0 Å². The summed E-state index contributed by atoms with van der Waals surface area (Å²) in [5.74, 6) is -5.19. The minimum Gasteiger partial charge on any atom is -0.480 e. The summed E-state index contributed by atoms with van der Waals surface area (Å²) in [4.78, 5) is 70.2. The molecule has 0 fully saturated rings. The van der Waals surface area contributed by atoms with Crippen molar-refractivity contribution < 1.29 is 33.9 Å². The van der Waals surface area contributed by atoms with E-state index in [0.29, 0.717) is 0 Å². The van der Waals surface area contributed by atoms with Gasteiger partial charge >= 0.3 is 5.97 Å². The highest BCUT2D eigenvalue weighted by Gasteiger charge is 2.29. The SMILES string of the molecule is CC(C)CC(NC(=O)C(CCC(N)=O)NC(=O)C(C)NC(=O)C(N)CC(N)=O)C(=O)O. The molecule has 4 atom stereocenters. The van der Waals surface area contributed by atoms with Crippen LogP contribution < -0.4 is 33.2 Å². The van der Waals surface area contributed by atoms with Crippen LogP contribution >= 0.6 is 0 Å². The molecular formula is C18H32N6O7. The zero-order chi connectivity index (χ0) is 24.3. The number of primary amides is 2. The van der Waals surface area contributed by atoms with Crippen molar-refractivity contribution in [3.8, 4) is 0 Å². The molecule has 0 rings (SSSR count). The summed E-state index contributed by atoms with van der Waals surface area (Å²) in [5, 5.41) is 16.3. The van der Waals surface area contributed by atoms with Crippen LogP contribution in [0.2, 0.25) is 0 Å². The highest BCUT2D eigenvalue weighted by Crippen LogP contribution is 2.07. The van der Waals surface area contributed by atoms with Gasteiger partial charge in [0.25, 0.3) is 0 Å². The summed E-state index contributed by atoms with van der Waals surface area (Å²) in [6, 6.07) is -4.87. The number of nitrogens with two attached hydrogens (primary N) is 3. The van der Waals surface area contributed by atoms with E-state index in [9.17, 15) is 33.9 Å². The van der Waals surface area contributed by atoms with Crippen LogP contribution in [0.15, 0.2) is 0 Å². The van der Waals surface area contributed by atoms with Crippen LogP contribution in [0.5, 0.6) is 0 Å². The van der Waals surface area contributed by atoms with E-state index in [1.54, 1.807) is 13.8 Å². The van der Waals surface area contributed by atoms with Gasteiger partial charge < -0.3 is 38.3 Å². The number of rotatable bonds is 14. The Morgan fingerprint density at radius 2 is 1.35 bits per heavy atom. The Bertz CT molecular complexity index is 697. The fraction of sp³-hybridized carbons (Fsp3) is 0.667. The molecule has 0 aliphatic rings. The molecular weight excluding hydrogens is 412 g/mol. The molecule has 0 aromatic heterocycles. The molecule has 0 aromatic carbocycles. The number of amides is 5. The van der Waals surface area contributed by atoms with Crippen molar-refractivity contribution in [2.24, 2.45) is 23.1 Å². The molecule has 10 N–H and O–H groups in total. The Hall–Kier alpha value is -3.22. The molecule has 4 unspecified atom stereocenters. The molecule has 13 heteroatoms. The summed E-state index contributed by atoms with van der Waals surface area (Å²) in [6.07, 6.45) is -0.689. The van der Waals surface area contributed by atoms with Gasteiger partial charge in [-0.2, -0.15) is 0 Å². The van der Waals surface area contributed by atoms with Crippen molar-refractivity contribution in [1.29, 1.82) is 0 Å². The molecule has 5 amide bonds. The molecule has 0 bridgehead atoms. The molecule has 176 valence electrons. The molecule has 0 aromatic rings. The van der Waals surface area contributed by atoms with Crippen LogP contribution in [0.3, 0.4) is 0 Å². The maximum Gasteiger partial charge on any atom is 0.326 e. The van der Waals surface area contributed by atoms with E-state index in [2.05, 4.69) is 16.0 Å². The Morgan fingerprint density at radius 1 is 0.806 bits per heavy atom. The molecule has 0 aliphatic heterocycles. The Balaban J connectivity index is 5.19. The molecule has 0 spiro atoms. The Kier molecular flexibility index (Phi) is 11.8. The highest BCUT2D eigenvalue weighted by atomic mass is 16.4. The van der Waals surface area contributed by atoms with Gasteiger partial charge in [0, 0.05) is 6.42 Å². The first-order valence-electron chi connectivity index (χ1n) is 9.70. The summed E-state index contributed by atoms with van der Waals surface area (Å²) < 4.78 is 0. The van der Waals surface area contributed by atoms with Crippen molar-refractivity contribution in [2.75, 3.05) is 0 Å². The second-order valence-corrected chi connectivity index (χ2v) is 7.60. The fourth-order valence-electron chi connectivity index (χ4n) is 2.51. The molecule has 0 aliphatic carbocycles. The lowest BCUT2D eigenvalue weighted by molar-refractivity contribution is -0.143. The van der Waals surface area contributed by atoms with Crippen molar-refractivity contribution >= 4 is 35.5 Å². The first-order chi connectivity index (χ1) is 14.2. The molecule has 0 saturated heterocycles. The maximum atomic E-state index is 12.6. The van der Waals surface area contributed by atoms with Gasteiger partial charge in [-0.05, 0) is 25.7 Å². The number of aliphatic carboxylic acids is 1. The van der Waals surface area contributed by atoms with Crippen LogP contribution in [0.4, 0.5) is 0 Å². The number of carboxylic acids is 1. The van der Waals surface area contributed by atoms with Gasteiger partial charge in [-0.15, -0.1) is 0 Å². The fourth-order valence-corrected chi connectivity index (χ4v) is 2.51. The third-order valence-corrected chi connectivity index (χ3v) is 4.14. The second-order valence-electron chi connectivity index (χ2n) is 7.60. The number of carbonyl (C=O) groups excluding carboxylic acids is 5. The lowest BCUT2D eigenvalue weighted by atomic mass is 10.0. The average Bonchev–Trinajstić information content (AvgIpc) is 2.62. The van der Waals surface area contributed by atoms with Crippen LogP contribution in [0.1, 0.15) is 46.5 Å². The first-order valence-corrected chi connectivity index (χ1v) is 9.70. The topological polar surface area (TPSA) is 237 Å². The second kappa shape index (κ2) is 13.2. The van der Waals surface area contributed by atoms with Gasteiger partial charge in [-0.3, -0.25) is 24.0 Å². The number of hydrogen-bond donors (Lipinski definition) is 7. The van der Waals surface area contributed by atoms with Gasteiger partial charge in [0.1, 0.15) is 18.1 Å². The lowest BCUT2D eigenvalue weighted by Gasteiger charge is -2.24. The van der Waals surface area contributed by atoms with Crippen molar-refractivity contribution in [3.63, 3.8) is 0 Å². The van der Waals surface area contributed by atoms with E-state index in [0.717, 1.165) is 0 Å². The summed E-state index contributed by atoms with van der Waals surface area (Å²) in [6.45, 7) is 4.87. The zero-order valence-corrected chi connectivity index (χ0v) is 17.8. The standard InChI is InChI=1S/C18H32N6O7/c1-8(2)6-12(18(30)31)24-17(29)11(4-5-13(20)25)23-15(27)9(3)22-16(28)10(19)7-14(21)26/h8-12H,4-7,19H2,1-3H3,(H2,20,25)(H2,21,26)(H,22,28)(H,23,27)(H,24,29)(H,30,31). The quantitative estimate of drug-likeness (QED) is 0.146. The van der Waals surface area contributed by atoms with Gasteiger partial charge in [0.2, 0.25) is 29.5 Å². The zero-order valence-electron chi connectivity index (χ0n) is 17.8. The average molecular weight is 444 g/mol. The van der Waals surface area contributed by atoms with Crippen molar-refractivity contribution in [2.45, 2.75) is 70.6 Å². The van der Waals surface area contributed by atoms with Crippen LogP contribution in [0, 0.1) is 5.92 Å². The van der Waals surface area contributed by atoms with E-state index in [-0.39, 0.29) is 25.2 Å². The first kappa shape index (κ1) is 27.8. The number of hydrogen-bond acceptors (Lipinski definition) is 7. The van der Waals surface area contributed by atoms with E-state index >= 15 is 0 Å². The molecule has 13 nitrogen and oxygen atoms in total. The molecule has 31 heavy (non-hydrogen) atoms. The van der Waals surface area contributed by atoms with Crippen LogP contribution in [-0.2, 0) is 28.8 Å². The van der Waals surface area contributed by atoms with E-state index in [4.69, 9.17) is 17.2 Å². The van der Waals surface area contributed by atoms with Gasteiger partial charge in [-0.25, -0.2) is 4.79 Å². The number of carboxylic acid groups (broad SMARTS) is 1. The largest absolute Gasteiger partial charge is 0.480 e. The Labute approximate surface area is 179 Å². The Morgan fingerprint density at radius 3 is 1.81 bits per heavy atom.